The van der Waals surface area contributed by atoms with Crippen LogP contribution in [0.1, 0.15) is 55.1 Å². The fourth-order valence-electron chi connectivity index (χ4n) is 4.25. The van der Waals surface area contributed by atoms with Gasteiger partial charge in [-0.25, -0.2) is 12.8 Å². The fraction of sp³-hybridized carbons (Fsp3) is 0.423. The Labute approximate surface area is 225 Å². The highest BCUT2D eigenvalue weighted by molar-refractivity contribution is 7.89. The van der Waals surface area contributed by atoms with Crippen molar-refractivity contribution in [2.24, 2.45) is 5.92 Å². The van der Waals surface area contributed by atoms with Gasteiger partial charge in [-0.05, 0) is 49.6 Å². The van der Waals surface area contributed by atoms with E-state index in [2.05, 4.69) is 11.4 Å². The van der Waals surface area contributed by atoms with Crippen LogP contribution < -0.4 is 5.32 Å². The Morgan fingerprint density at radius 1 is 1.21 bits per heavy atom. The van der Waals surface area contributed by atoms with Gasteiger partial charge in [0.2, 0.25) is 16.4 Å². The summed E-state index contributed by atoms with van der Waals surface area (Å²) >= 11 is 0. The number of halogens is 4. The maximum Gasteiger partial charge on any atom is 0.416 e. The lowest BCUT2D eigenvalue weighted by atomic mass is 10.0. The Morgan fingerprint density at radius 2 is 1.87 bits per heavy atom. The van der Waals surface area contributed by atoms with Gasteiger partial charge in [0.05, 0.1) is 28.5 Å². The van der Waals surface area contributed by atoms with Gasteiger partial charge in [0.25, 0.3) is 5.91 Å². The van der Waals surface area contributed by atoms with Gasteiger partial charge in [-0.15, -0.1) is 0 Å². The molecule has 2 aromatic carbocycles. The molecular weight excluding hydrogens is 540 g/mol. The van der Waals surface area contributed by atoms with Crippen molar-refractivity contribution >= 4 is 22.3 Å². The normalized spacial score (nSPS) is 16.9. The summed E-state index contributed by atoms with van der Waals surface area (Å²) in [4.78, 5) is 24.5. The van der Waals surface area contributed by atoms with Crippen molar-refractivity contribution in [2.75, 3.05) is 26.2 Å². The van der Waals surface area contributed by atoms with Crippen molar-refractivity contribution < 1.29 is 37.0 Å². The molecule has 0 aromatic heterocycles. The van der Waals surface area contributed by atoms with Crippen LogP contribution >= 0.6 is 0 Å². The second-order valence-electron chi connectivity index (χ2n) is 9.15. The summed E-state index contributed by atoms with van der Waals surface area (Å²) in [5, 5.41) is 11.1. The molecule has 0 bridgehead atoms. The van der Waals surface area contributed by atoms with E-state index < -0.39 is 33.6 Å². The van der Waals surface area contributed by atoms with Crippen molar-refractivity contribution in [2.45, 2.75) is 43.3 Å². The lowest BCUT2D eigenvalue weighted by Gasteiger charge is -2.34. The van der Waals surface area contributed by atoms with Crippen LogP contribution in [-0.2, 0) is 21.0 Å². The monoisotopic (exact) mass is 570 g/mol. The van der Waals surface area contributed by atoms with E-state index in [4.69, 9.17) is 5.26 Å². The summed E-state index contributed by atoms with van der Waals surface area (Å²) in [6.07, 6.45) is -1.80. The molecule has 0 aliphatic carbocycles. The Morgan fingerprint density at radius 3 is 2.41 bits per heavy atom. The van der Waals surface area contributed by atoms with Crippen molar-refractivity contribution in [3.63, 3.8) is 0 Å². The van der Waals surface area contributed by atoms with E-state index in [1.165, 1.54) is 16.4 Å². The number of amides is 2. The van der Waals surface area contributed by atoms with Crippen molar-refractivity contribution in [3.8, 4) is 6.07 Å². The molecule has 2 aromatic rings. The van der Waals surface area contributed by atoms with Gasteiger partial charge >= 0.3 is 6.18 Å². The summed E-state index contributed by atoms with van der Waals surface area (Å²) in [5.41, 5.74) is -0.590. The van der Waals surface area contributed by atoms with Gasteiger partial charge in [0.1, 0.15) is 5.82 Å². The zero-order valence-electron chi connectivity index (χ0n) is 21.1. The number of carbonyl (C=O) groups is 2. The first-order valence-electron chi connectivity index (χ1n) is 12.3. The Hall–Kier alpha value is -3.50. The SMILES string of the molecule is CC[C@@H](NC=O)c1ccc(C(F)(F)F)cc1F.N#CC1CN(S(=O)(=O)c2cccc(C(=O)N3CCCC3)c2)C1.[HH]. The van der Waals surface area contributed by atoms with E-state index in [0.29, 0.717) is 24.5 Å². The van der Waals surface area contributed by atoms with Gasteiger partial charge in [-0.3, -0.25) is 9.59 Å². The molecule has 2 heterocycles. The highest BCUT2D eigenvalue weighted by atomic mass is 32.2. The van der Waals surface area contributed by atoms with E-state index in [0.717, 1.165) is 38.1 Å². The van der Waals surface area contributed by atoms with Crippen LogP contribution in [0, 0.1) is 23.1 Å². The maximum absolute atomic E-state index is 13.5. The van der Waals surface area contributed by atoms with Gasteiger partial charge < -0.3 is 10.2 Å². The van der Waals surface area contributed by atoms with Crippen LogP contribution in [0.4, 0.5) is 17.6 Å². The second kappa shape index (κ2) is 12.6. The minimum atomic E-state index is -4.57. The first-order valence-corrected chi connectivity index (χ1v) is 13.7. The van der Waals surface area contributed by atoms with Crippen LogP contribution in [-0.4, -0.2) is 56.1 Å². The Kier molecular flexibility index (Phi) is 9.68. The van der Waals surface area contributed by atoms with E-state index in [1.54, 1.807) is 24.0 Å². The van der Waals surface area contributed by atoms with E-state index in [1.807, 2.05) is 0 Å². The lowest BCUT2D eigenvalue weighted by Crippen LogP contribution is -2.49. The van der Waals surface area contributed by atoms with Crippen molar-refractivity contribution in [1.82, 2.24) is 14.5 Å². The highest BCUT2D eigenvalue weighted by Gasteiger charge is 2.37. The third-order valence-electron chi connectivity index (χ3n) is 6.52. The summed E-state index contributed by atoms with van der Waals surface area (Å²) in [5.74, 6) is -1.32. The average Bonchev–Trinajstić information content (AvgIpc) is 3.41. The highest BCUT2D eigenvalue weighted by Crippen LogP contribution is 2.32. The zero-order valence-corrected chi connectivity index (χ0v) is 21.9. The van der Waals surface area contributed by atoms with Gasteiger partial charge in [-0.2, -0.15) is 22.7 Å². The quantitative estimate of drug-likeness (QED) is 0.393. The van der Waals surface area contributed by atoms with E-state index in [9.17, 15) is 35.6 Å². The summed E-state index contributed by atoms with van der Waals surface area (Å²) in [6, 6.07) is 9.90. The molecule has 0 radical (unpaired) electrons. The molecule has 1 atom stereocenters. The molecule has 39 heavy (non-hydrogen) atoms. The smallest absolute Gasteiger partial charge is 0.352 e. The molecule has 2 amide bonds. The fourth-order valence-corrected chi connectivity index (χ4v) is 5.83. The largest absolute Gasteiger partial charge is 0.416 e. The van der Waals surface area contributed by atoms with Gasteiger partial charge in [0.15, 0.2) is 0 Å². The molecular formula is C26H30F4N4O4S. The lowest BCUT2D eigenvalue weighted by molar-refractivity contribution is -0.137. The number of rotatable bonds is 7. The van der Waals surface area contributed by atoms with Crippen LogP contribution in [0.5, 0.6) is 0 Å². The first kappa shape index (κ1) is 30.0. The molecule has 212 valence electrons. The Bertz CT molecular complexity index is 1340. The molecule has 0 saturated carbocycles. The first-order chi connectivity index (χ1) is 18.4. The summed E-state index contributed by atoms with van der Waals surface area (Å²) < 4.78 is 76.6. The van der Waals surface area contributed by atoms with Crippen molar-refractivity contribution in [1.29, 1.82) is 5.26 Å². The standard InChI is InChI=1S/C15H17N3O3S.C11H11F4NO.H2/c16-9-12-10-18(11-12)22(20,21)14-5-3-4-13(8-14)15(19)17-6-1-2-7-17;1-2-10(16-6-17)8-4-3-7(5-9(8)12)11(13,14)15;/h3-5,8,12H,1-2,6-7,10-11H2;3-6,10H,2H2,1H3,(H,16,17);1H/t;10-;/m.1./s1. The number of carbonyl (C=O) groups excluding carboxylic acids is 2. The van der Waals surface area contributed by atoms with Crippen LogP contribution in [0.3, 0.4) is 0 Å². The molecule has 0 spiro atoms. The van der Waals surface area contributed by atoms with Gasteiger partial charge in [-0.1, -0.05) is 19.1 Å². The molecule has 0 unspecified atom stereocenters. The minimum absolute atomic E-state index is 0. The number of nitrogens with one attached hydrogen (secondary N) is 1. The number of nitrogens with zero attached hydrogens (tertiary/aromatic N) is 3. The third kappa shape index (κ3) is 7.13. The zero-order chi connectivity index (χ0) is 28.8. The third-order valence-corrected chi connectivity index (χ3v) is 8.35. The predicted molar refractivity (Wildman–Crippen MR) is 135 cm³/mol. The van der Waals surface area contributed by atoms with Gasteiger partial charge in [0, 0.05) is 38.7 Å². The molecule has 2 fully saturated rings. The van der Waals surface area contributed by atoms with Crippen LogP contribution in [0.2, 0.25) is 0 Å². The average molecular weight is 571 g/mol. The number of nitriles is 1. The summed E-state index contributed by atoms with van der Waals surface area (Å²) in [7, 11) is -3.61. The number of benzene rings is 2. The molecule has 1 N–H and O–H groups in total. The van der Waals surface area contributed by atoms with E-state index in [-0.39, 0.29) is 36.8 Å². The number of sulfonamides is 1. The number of hydrogen-bond donors (Lipinski definition) is 1. The molecule has 13 heteroatoms. The van der Waals surface area contributed by atoms with Crippen LogP contribution in [0.15, 0.2) is 47.4 Å². The molecule has 8 nitrogen and oxygen atoms in total. The minimum Gasteiger partial charge on any atom is -0.352 e. The Balaban J connectivity index is 0.000000283. The molecule has 2 aliphatic rings. The summed E-state index contributed by atoms with van der Waals surface area (Å²) in [6.45, 7) is 3.60. The van der Waals surface area contributed by atoms with E-state index >= 15 is 0 Å². The molecule has 2 saturated heterocycles. The molecule has 2 aliphatic heterocycles. The second-order valence-corrected chi connectivity index (χ2v) is 11.1. The predicted octanol–water partition coefficient (Wildman–Crippen LogP) is 4.35. The number of hydrogen-bond acceptors (Lipinski definition) is 5. The maximum atomic E-state index is 13.5. The number of alkyl halides is 3. The van der Waals surface area contributed by atoms with Crippen LogP contribution in [0.25, 0.3) is 0 Å². The topological polar surface area (TPSA) is 111 Å². The number of likely N-dealkylation sites (tertiary alicyclic amines) is 1. The molecule has 4 rings (SSSR count). The van der Waals surface area contributed by atoms with Crippen molar-refractivity contribution in [3.05, 3.63) is 65.0 Å².